The highest BCUT2D eigenvalue weighted by atomic mass is 32.2. The second-order valence-electron chi connectivity index (χ2n) is 6.19. The summed E-state index contributed by atoms with van der Waals surface area (Å²) in [6.07, 6.45) is 3.53. The molecule has 0 amide bonds. The van der Waals surface area contributed by atoms with Crippen molar-refractivity contribution in [2.75, 3.05) is 23.7 Å². The van der Waals surface area contributed by atoms with E-state index in [4.69, 9.17) is 0 Å². The van der Waals surface area contributed by atoms with Crippen molar-refractivity contribution in [1.29, 1.82) is 0 Å². The third-order valence-corrected chi connectivity index (χ3v) is 6.54. The van der Waals surface area contributed by atoms with Crippen molar-refractivity contribution >= 4 is 34.0 Å². The highest BCUT2D eigenvalue weighted by molar-refractivity contribution is 8.01. The van der Waals surface area contributed by atoms with Crippen LogP contribution >= 0.6 is 23.1 Å². The molecule has 0 unspecified atom stereocenters. The molecule has 130 valence electrons. The van der Waals surface area contributed by atoms with Crippen LogP contribution in [-0.2, 0) is 6.54 Å². The summed E-state index contributed by atoms with van der Waals surface area (Å²) in [6.45, 7) is 9.37. The number of hydrogen-bond donors (Lipinski definition) is 0. The summed E-state index contributed by atoms with van der Waals surface area (Å²) >= 11 is 3.10. The van der Waals surface area contributed by atoms with Gasteiger partial charge in [-0.15, -0.1) is 10.2 Å². The minimum Gasteiger partial charge on any atom is -0.348 e. The predicted octanol–water partition coefficient (Wildman–Crippen LogP) is 3.94. The zero-order valence-electron chi connectivity index (χ0n) is 14.5. The van der Waals surface area contributed by atoms with Crippen LogP contribution < -0.4 is 4.90 Å². The van der Waals surface area contributed by atoms with Crippen LogP contribution in [0.4, 0.5) is 5.13 Å². The van der Waals surface area contributed by atoms with Gasteiger partial charge >= 0.3 is 0 Å². The third kappa shape index (κ3) is 3.67. The predicted molar refractivity (Wildman–Crippen MR) is 101 cm³/mol. The fourth-order valence-electron chi connectivity index (χ4n) is 3.15. The van der Waals surface area contributed by atoms with Gasteiger partial charge in [-0.25, -0.2) is 0 Å². The average Bonchev–Trinajstić information content (AvgIpc) is 3.29. The van der Waals surface area contributed by atoms with Crippen LogP contribution in [0.5, 0.6) is 0 Å². The number of aryl methyl sites for hydroxylation is 1. The molecule has 0 atom stereocenters. The first kappa shape index (κ1) is 17.5. The first-order valence-corrected chi connectivity index (χ1v) is 10.3. The van der Waals surface area contributed by atoms with Crippen molar-refractivity contribution in [1.82, 2.24) is 14.8 Å². The number of carbonyl (C=O) groups is 1. The van der Waals surface area contributed by atoms with Gasteiger partial charge in [-0.05, 0) is 39.2 Å². The van der Waals surface area contributed by atoms with Gasteiger partial charge in [0.2, 0.25) is 5.13 Å². The van der Waals surface area contributed by atoms with Gasteiger partial charge in [-0.1, -0.05) is 30.0 Å². The van der Waals surface area contributed by atoms with Gasteiger partial charge < -0.3 is 9.47 Å². The van der Waals surface area contributed by atoms with E-state index in [0.29, 0.717) is 5.75 Å². The number of carbonyl (C=O) groups excluding carboxylic acids is 1. The summed E-state index contributed by atoms with van der Waals surface area (Å²) in [4.78, 5) is 14.9. The van der Waals surface area contributed by atoms with Crippen molar-refractivity contribution in [3.63, 3.8) is 0 Å². The summed E-state index contributed by atoms with van der Waals surface area (Å²) < 4.78 is 3.11. The van der Waals surface area contributed by atoms with Gasteiger partial charge in [0.25, 0.3) is 0 Å². The zero-order valence-corrected chi connectivity index (χ0v) is 16.2. The second kappa shape index (κ2) is 7.70. The Morgan fingerprint density at radius 3 is 2.75 bits per heavy atom. The van der Waals surface area contributed by atoms with Gasteiger partial charge in [-0.2, -0.15) is 0 Å². The minimum atomic E-state index is 0.174. The van der Waals surface area contributed by atoms with Crippen molar-refractivity contribution in [2.24, 2.45) is 0 Å². The van der Waals surface area contributed by atoms with Crippen molar-refractivity contribution in [2.45, 2.75) is 50.9 Å². The van der Waals surface area contributed by atoms with E-state index in [-0.39, 0.29) is 5.78 Å². The number of Topliss-reactive ketones (excluding diaryl/α,β-unsaturated/α-hetero) is 1. The molecule has 0 N–H and O–H groups in total. The fourth-order valence-corrected chi connectivity index (χ4v) is 4.93. The van der Waals surface area contributed by atoms with E-state index in [1.165, 1.54) is 24.6 Å². The summed E-state index contributed by atoms with van der Waals surface area (Å²) in [7, 11) is 0. The van der Waals surface area contributed by atoms with Crippen LogP contribution in [0.1, 0.15) is 47.9 Å². The summed E-state index contributed by atoms with van der Waals surface area (Å²) in [5, 5.41) is 9.49. The molecule has 0 saturated carbocycles. The average molecular weight is 365 g/mol. The first-order valence-electron chi connectivity index (χ1n) is 8.51. The van der Waals surface area contributed by atoms with Gasteiger partial charge in [0.1, 0.15) is 0 Å². The SMILES string of the molecule is CCCn1c(C)cc(C(=O)CSc2nnc(N3CCCC3)s2)c1C. The molecule has 0 bridgehead atoms. The number of anilines is 1. The Labute approximate surface area is 151 Å². The van der Waals surface area contributed by atoms with E-state index in [2.05, 4.69) is 33.5 Å². The number of ketones is 1. The standard InChI is InChI=1S/C17H24N4OS2/c1-4-7-21-12(2)10-14(13(21)3)15(22)11-23-17-19-18-16(24-17)20-8-5-6-9-20/h10H,4-9,11H2,1-3H3. The molecule has 0 radical (unpaired) electrons. The van der Waals surface area contributed by atoms with Crippen molar-refractivity contribution in [3.05, 3.63) is 23.0 Å². The molecule has 0 aliphatic carbocycles. The Morgan fingerprint density at radius 1 is 1.29 bits per heavy atom. The van der Waals surface area contributed by atoms with Gasteiger partial charge in [0.05, 0.1) is 5.75 Å². The molecule has 1 saturated heterocycles. The Balaban J connectivity index is 1.62. The van der Waals surface area contributed by atoms with E-state index < -0.39 is 0 Å². The molecule has 2 aromatic heterocycles. The molecule has 3 heterocycles. The first-order chi connectivity index (χ1) is 11.6. The number of aromatic nitrogens is 3. The Kier molecular flexibility index (Phi) is 5.61. The molecule has 1 fully saturated rings. The molecular formula is C17H24N4OS2. The van der Waals surface area contributed by atoms with Gasteiger partial charge in [-0.3, -0.25) is 4.79 Å². The van der Waals surface area contributed by atoms with Gasteiger partial charge in [0.15, 0.2) is 10.1 Å². The van der Waals surface area contributed by atoms with E-state index in [1.54, 1.807) is 11.3 Å². The van der Waals surface area contributed by atoms with E-state index in [0.717, 1.165) is 52.5 Å². The summed E-state index contributed by atoms with van der Waals surface area (Å²) in [6, 6.07) is 2.02. The molecular weight excluding hydrogens is 340 g/mol. The lowest BCUT2D eigenvalue weighted by atomic mass is 10.2. The smallest absolute Gasteiger partial charge is 0.209 e. The summed E-state index contributed by atoms with van der Waals surface area (Å²) in [5.41, 5.74) is 3.09. The van der Waals surface area contributed by atoms with Crippen LogP contribution in [0.15, 0.2) is 10.4 Å². The Bertz CT molecular complexity index is 716. The van der Waals surface area contributed by atoms with Crippen LogP contribution in [-0.4, -0.2) is 39.4 Å². The van der Waals surface area contributed by atoms with Gasteiger partial charge in [0, 0.05) is 36.6 Å². The largest absolute Gasteiger partial charge is 0.348 e. The van der Waals surface area contributed by atoms with Crippen LogP contribution in [0.2, 0.25) is 0 Å². The molecule has 24 heavy (non-hydrogen) atoms. The lowest BCUT2D eigenvalue weighted by Gasteiger charge is -2.10. The third-order valence-electron chi connectivity index (χ3n) is 4.42. The van der Waals surface area contributed by atoms with E-state index in [9.17, 15) is 4.79 Å². The lowest BCUT2D eigenvalue weighted by molar-refractivity contribution is 0.102. The summed E-state index contributed by atoms with van der Waals surface area (Å²) in [5.74, 6) is 0.596. The molecule has 1 aliphatic heterocycles. The van der Waals surface area contributed by atoms with Crippen LogP contribution in [0, 0.1) is 13.8 Å². The monoisotopic (exact) mass is 364 g/mol. The quantitative estimate of drug-likeness (QED) is 0.550. The molecule has 5 nitrogen and oxygen atoms in total. The number of nitrogens with zero attached hydrogens (tertiary/aromatic N) is 4. The van der Waals surface area contributed by atoms with Crippen molar-refractivity contribution < 1.29 is 4.79 Å². The fraction of sp³-hybridized carbons (Fsp3) is 0.588. The Hall–Kier alpha value is -1.34. The minimum absolute atomic E-state index is 0.174. The van der Waals surface area contributed by atoms with E-state index >= 15 is 0 Å². The number of rotatable bonds is 7. The maximum atomic E-state index is 12.6. The molecule has 2 aromatic rings. The highest BCUT2D eigenvalue weighted by Gasteiger charge is 2.19. The number of thioether (sulfide) groups is 1. The topological polar surface area (TPSA) is 51.0 Å². The Morgan fingerprint density at radius 2 is 2.04 bits per heavy atom. The number of hydrogen-bond acceptors (Lipinski definition) is 6. The lowest BCUT2D eigenvalue weighted by Crippen LogP contribution is -2.17. The van der Waals surface area contributed by atoms with Crippen LogP contribution in [0.25, 0.3) is 0 Å². The maximum absolute atomic E-state index is 12.6. The second-order valence-corrected chi connectivity index (χ2v) is 8.37. The zero-order chi connectivity index (χ0) is 17.1. The highest BCUT2D eigenvalue weighted by Crippen LogP contribution is 2.30. The molecule has 0 aromatic carbocycles. The molecule has 7 heteroatoms. The normalized spacial score (nSPS) is 14.5. The molecule has 3 rings (SSSR count). The molecule has 0 spiro atoms. The maximum Gasteiger partial charge on any atom is 0.209 e. The van der Waals surface area contributed by atoms with E-state index in [1.807, 2.05) is 13.0 Å². The van der Waals surface area contributed by atoms with Crippen molar-refractivity contribution in [3.8, 4) is 0 Å². The van der Waals surface area contributed by atoms with Crippen LogP contribution in [0.3, 0.4) is 0 Å². The molecule has 1 aliphatic rings.